The van der Waals surface area contributed by atoms with Gasteiger partial charge in [-0.1, -0.05) is 6.07 Å². The lowest BCUT2D eigenvalue weighted by Crippen LogP contribution is -2.30. The van der Waals surface area contributed by atoms with Gasteiger partial charge in [0.15, 0.2) is 0 Å². The van der Waals surface area contributed by atoms with E-state index in [2.05, 4.69) is 0 Å². The molecule has 0 radical (unpaired) electrons. The lowest BCUT2D eigenvalue weighted by atomic mass is 10.1. The van der Waals surface area contributed by atoms with Crippen molar-refractivity contribution >= 4 is 22.9 Å². The molecule has 1 aromatic heterocycles. The Morgan fingerprint density at radius 3 is 2.58 bits per heavy atom. The van der Waals surface area contributed by atoms with Crippen molar-refractivity contribution in [2.24, 2.45) is 0 Å². The lowest BCUT2D eigenvalue weighted by molar-refractivity contribution is 0.0773. The number of hydrogen-bond acceptors (Lipinski definition) is 3. The molecule has 0 unspecified atom stereocenters. The summed E-state index contributed by atoms with van der Waals surface area (Å²) in [4.78, 5) is 15.3. The summed E-state index contributed by atoms with van der Waals surface area (Å²) in [7, 11) is 0. The van der Waals surface area contributed by atoms with Crippen molar-refractivity contribution in [2.45, 2.75) is 13.8 Å². The molecule has 100 valence electrons. The molecule has 0 atom stereocenters. The van der Waals surface area contributed by atoms with E-state index in [9.17, 15) is 4.79 Å². The number of thiophene rings is 1. The predicted octanol–water partition coefficient (Wildman–Crippen LogP) is 3.48. The Bertz CT molecular complexity index is 560. The highest BCUT2D eigenvalue weighted by Gasteiger charge is 2.14. The van der Waals surface area contributed by atoms with Gasteiger partial charge >= 0.3 is 0 Å². The van der Waals surface area contributed by atoms with Crippen LogP contribution in [0.3, 0.4) is 0 Å². The van der Waals surface area contributed by atoms with Crippen LogP contribution in [0.15, 0.2) is 35.7 Å². The van der Waals surface area contributed by atoms with E-state index < -0.39 is 0 Å². The molecule has 0 aliphatic rings. The Kier molecular flexibility index (Phi) is 4.22. The van der Waals surface area contributed by atoms with E-state index in [0.29, 0.717) is 24.3 Å². The molecular formula is C15H18N2OS. The third kappa shape index (κ3) is 2.96. The summed E-state index contributed by atoms with van der Waals surface area (Å²) in [5.74, 6) is 0.0371. The highest BCUT2D eigenvalue weighted by molar-refractivity contribution is 7.13. The van der Waals surface area contributed by atoms with Crippen molar-refractivity contribution in [3.8, 4) is 10.4 Å². The highest BCUT2D eigenvalue weighted by Crippen LogP contribution is 2.28. The number of carbonyl (C=O) groups is 1. The summed E-state index contributed by atoms with van der Waals surface area (Å²) < 4.78 is 0. The number of nitrogens with two attached hydrogens (primary N) is 1. The molecule has 0 aliphatic heterocycles. The van der Waals surface area contributed by atoms with E-state index in [1.54, 1.807) is 22.3 Å². The Hall–Kier alpha value is -1.81. The van der Waals surface area contributed by atoms with Gasteiger partial charge < -0.3 is 10.6 Å². The van der Waals surface area contributed by atoms with Crippen molar-refractivity contribution in [3.05, 3.63) is 41.3 Å². The van der Waals surface area contributed by atoms with Crippen molar-refractivity contribution < 1.29 is 4.79 Å². The molecule has 1 amide bonds. The minimum Gasteiger partial charge on any atom is -0.399 e. The molecule has 3 nitrogen and oxygen atoms in total. The van der Waals surface area contributed by atoms with Crippen LogP contribution in [-0.2, 0) is 0 Å². The second-order valence-electron chi connectivity index (χ2n) is 4.30. The molecule has 4 heteroatoms. The van der Waals surface area contributed by atoms with Crippen molar-refractivity contribution in [1.29, 1.82) is 0 Å². The van der Waals surface area contributed by atoms with Crippen LogP contribution in [0.1, 0.15) is 24.2 Å². The first-order valence-electron chi connectivity index (χ1n) is 6.39. The van der Waals surface area contributed by atoms with Gasteiger partial charge in [-0.2, -0.15) is 0 Å². The number of benzene rings is 1. The second kappa shape index (κ2) is 5.89. The first-order chi connectivity index (χ1) is 9.15. The standard InChI is InChI=1S/C15H18N2OS/c1-3-17(4-2)15(18)12-8-11(9-13(16)10-12)14-6-5-7-19-14/h5-10H,3-4,16H2,1-2H3. The Balaban J connectivity index is 2.39. The topological polar surface area (TPSA) is 46.3 Å². The average molecular weight is 274 g/mol. The molecule has 0 bridgehead atoms. The van der Waals surface area contributed by atoms with E-state index in [-0.39, 0.29) is 5.91 Å². The van der Waals surface area contributed by atoms with Gasteiger partial charge in [0, 0.05) is 29.2 Å². The summed E-state index contributed by atoms with van der Waals surface area (Å²) in [5, 5.41) is 2.02. The van der Waals surface area contributed by atoms with Gasteiger partial charge in [-0.3, -0.25) is 4.79 Å². The molecule has 0 aliphatic carbocycles. The van der Waals surface area contributed by atoms with Gasteiger partial charge in [0.2, 0.25) is 0 Å². The van der Waals surface area contributed by atoms with Crippen LogP contribution in [0.25, 0.3) is 10.4 Å². The number of anilines is 1. The number of hydrogen-bond donors (Lipinski definition) is 1. The fraction of sp³-hybridized carbons (Fsp3) is 0.267. The quantitative estimate of drug-likeness (QED) is 0.868. The first kappa shape index (κ1) is 13.6. The third-order valence-corrected chi connectivity index (χ3v) is 3.98. The summed E-state index contributed by atoms with van der Waals surface area (Å²) in [6, 6.07) is 9.60. The van der Waals surface area contributed by atoms with Gasteiger partial charge in [-0.05, 0) is 49.1 Å². The number of amides is 1. The maximum Gasteiger partial charge on any atom is 0.253 e. The van der Waals surface area contributed by atoms with Crippen molar-refractivity contribution in [1.82, 2.24) is 4.90 Å². The van der Waals surface area contributed by atoms with Gasteiger partial charge in [0.1, 0.15) is 0 Å². The van der Waals surface area contributed by atoms with Gasteiger partial charge in [-0.15, -0.1) is 11.3 Å². The minimum atomic E-state index is 0.0371. The highest BCUT2D eigenvalue weighted by atomic mass is 32.1. The smallest absolute Gasteiger partial charge is 0.253 e. The number of carbonyl (C=O) groups excluding carboxylic acids is 1. The van der Waals surface area contributed by atoms with Crippen LogP contribution in [0, 0.1) is 0 Å². The van der Waals surface area contributed by atoms with Crippen LogP contribution in [0.2, 0.25) is 0 Å². The lowest BCUT2D eigenvalue weighted by Gasteiger charge is -2.19. The molecule has 19 heavy (non-hydrogen) atoms. The fourth-order valence-electron chi connectivity index (χ4n) is 2.05. The molecule has 0 saturated carbocycles. The first-order valence-corrected chi connectivity index (χ1v) is 7.27. The Morgan fingerprint density at radius 1 is 1.26 bits per heavy atom. The maximum atomic E-state index is 12.4. The fourth-order valence-corrected chi connectivity index (χ4v) is 2.77. The van der Waals surface area contributed by atoms with E-state index >= 15 is 0 Å². The summed E-state index contributed by atoms with van der Waals surface area (Å²) in [5.41, 5.74) is 8.21. The molecule has 0 spiro atoms. The molecule has 2 aromatic rings. The van der Waals surface area contributed by atoms with Crippen LogP contribution < -0.4 is 5.73 Å². The monoisotopic (exact) mass is 274 g/mol. The number of rotatable bonds is 4. The zero-order valence-electron chi connectivity index (χ0n) is 11.2. The van der Waals surface area contributed by atoms with E-state index in [1.807, 2.05) is 43.5 Å². The summed E-state index contributed by atoms with van der Waals surface area (Å²) in [6.07, 6.45) is 0. The van der Waals surface area contributed by atoms with Crippen molar-refractivity contribution in [3.63, 3.8) is 0 Å². The zero-order valence-corrected chi connectivity index (χ0v) is 12.0. The van der Waals surface area contributed by atoms with E-state index in [0.717, 1.165) is 10.4 Å². The molecule has 0 fully saturated rings. The molecular weight excluding hydrogens is 256 g/mol. The number of nitrogens with zero attached hydrogens (tertiary/aromatic N) is 1. The normalized spacial score (nSPS) is 10.4. The van der Waals surface area contributed by atoms with Crippen LogP contribution >= 0.6 is 11.3 Å². The maximum absolute atomic E-state index is 12.4. The minimum absolute atomic E-state index is 0.0371. The Labute approximate surface area is 117 Å². The second-order valence-corrected chi connectivity index (χ2v) is 5.25. The van der Waals surface area contributed by atoms with E-state index in [4.69, 9.17) is 5.73 Å². The largest absolute Gasteiger partial charge is 0.399 e. The SMILES string of the molecule is CCN(CC)C(=O)c1cc(N)cc(-c2cccs2)c1. The average Bonchev–Trinajstić information content (AvgIpc) is 2.93. The van der Waals surface area contributed by atoms with Gasteiger partial charge in [0.05, 0.1) is 0 Å². The number of nitrogen functional groups attached to an aromatic ring is 1. The zero-order chi connectivity index (χ0) is 13.8. The van der Waals surface area contributed by atoms with Gasteiger partial charge in [0.25, 0.3) is 5.91 Å². The summed E-state index contributed by atoms with van der Waals surface area (Å²) >= 11 is 1.64. The Morgan fingerprint density at radius 2 is 2.00 bits per heavy atom. The van der Waals surface area contributed by atoms with E-state index in [1.165, 1.54) is 0 Å². The summed E-state index contributed by atoms with van der Waals surface area (Å²) in [6.45, 7) is 5.37. The molecule has 0 saturated heterocycles. The third-order valence-electron chi connectivity index (χ3n) is 3.06. The molecule has 1 aromatic carbocycles. The predicted molar refractivity (Wildman–Crippen MR) is 81.4 cm³/mol. The van der Waals surface area contributed by atoms with Crippen LogP contribution in [0.5, 0.6) is 0 Å². The van der Waals surface area contributed by atoms with Crippen molar-refractivity contribution in [2.75, 3.05) is 18.8 Å². The van der Waals surface area contributed by atoms with Crippen LogP contribution in [0.4, 0.5) is 5.69 Å². The molecule has 2 rings (SSSR count). The van der Waals surface area contributed by atoms with Gasteiger partial charge in [-0.25, -0.2) is 0 Å². The molecule has 1 heterocycles. The van der Waals surface area contributed by atoms with Crippen LogP contribution in [-0.4, -0.2) is 23.9 Å². The molecule has 2 N–H and O–H groups in total.